The standard InChI is InChI=1S/C18H18Cl2N2O/c1-21-7-8-22(17(12-21)13-5-3-2-4-6-13)18(23)14-9-15(19)11-16(20)10-14/h2-6,9-11,17H,7-8,12H2,1H3. The summed E-state index contributed by atoms with van der Waals surface area (Å²) in [6.07, 6.45) is 0. The molecule has 1 saturated heterocycles. The molecular weight excluding hydrogens is 331 g/mol. The summed E-state index contributed by atoms with van der Waals surface area (Å²) in [4.78, 5) is 17.1. The number of nitrogens with zero attached hydrogens (tertiary/aromatic N) is 2. The molecule has 5 heteroatoms. The van der Waals surface area contributed by atoms with Gasteiger partial charge in [-0.3, -0.25) is 4.79 Å². The number of benzene rings is 2. The van der Waals surface area contributed by atoms with Crippen molar-refractivity contribution < 1.29 is 4.79 Å². The molecule has 120 valence electrons. The van der Waals surface area contributed by atoms with Gasteiger partial charge in [0.05, 0.1) is 6.04 Å². The molecule has 0 radical (unpaired) electrons. The number of carbonyl (C=O) groups is 1. The third kappa shape index (κ3) is 3.69. The van der Waals surface area contributed by atoms with Gasteiger partial charge in [-0.1, -0.05) is 53.5 Å². The van der Waals surface area contributed by atoms with Crippen LogP contribution in [0.4, 0.5) is 0 Å². The van der Waals surface area contributed by atoms with Crippen molar-refractivity contribution >= 4 is 29.1 Å². The van der Waals surface area contributed by atoms with Crippen LogP contribution < -0.4 is 0 Å². The van der Waals surface area contributed by atoms with Crippen LogP contribution in [-0.2, 0) is 0 Å². The van der Waals surface area contributed by atoms with Gasteiger partial charge in [-0.25, -0.2) is 0 Å². The first-order chi connectivity index (χ1) is 11.0. The van der Waals surface area contributed by atoms with Gasteiger partial charge < -0.3 is 9.80 Å². The number of likely N-dealkylation sites (N-methyl/N-ethyl adjacent to an activating group) is 1. The minimum Gasteiger partial charge on any atom is -0.329 e. The normalized spacial score (nSPS) is 18.9. The Morgan fingerprint density at radius 1 is 1.04 bits per heavy atom. The molecule has 0 aromatic heterocycles. The molecule has 2 aromatic rings. The largest absolute Gasteiger partial charge is 0.329 e. The second kappa shape index (κ2) is 6.91. The topological polar surface area (TPSA) is 23.6 Å². The molecule has 0 aliphatic carbocycles. The van der Waals surface area contributed by atoms with E-state index in [2.05, 4.69) is 24.1 Å². The quantitative estimate of drug-likeness (QED) is 0.814. The van der Waals surface area contributed by atoms with Crippen LogP contribution in [0, 0.1) is 0 Å². The molecule has 0 N–H and O–H groups in total. The zero-order chi connectivity index (χ0) is 16.4. The average molecular weight is 349 g/mol. The Morgan fingerprint density at radius 2 is 1.70 bits per heavy atom. The number of halogens is 2. The first kappa shape index (κ1) is 16.3. The van der Waals surface area contributed by atoms with Gasteiger partial charge in [0.2, 0.25) is 0 Å². The molecule has 1 heterocycles. The predicted molar refractivity (Wildman–Crippen MR) is 94.2 cm³/mol. The highest BCUT2D eigenvalue weighted by molar-refractivity contribution is 6.35. The highest BCUT2D eigenvalue weighted by Crippen LogP contribution is 2.28. The molecule has 1 atom stereocenters. The lowest BCUT2D eigenvalue weighted by molar-refractivity contribution is 0.0498. The van der Waals surface area contributed by atoms with Crippen molar-refractivity contribution in [2.24, 2.45) is 0 Å². The van der Waals surface area contributed by atoms with Crippen molar-refractivity contribution in [3.8, 4) is 0 Å². The van der Waals surface area contributed by atoms with Gasteiger partial charge in [-0.2, -0.15) is 0 Å². The summed E-state index contributed by atoms with van der Waals surface area (Å²) in [5.41, 5.74) is 1.67. The number of piperazine rings is 1. The second-order valence-electron chi connectivity index (χ2n) is 5.85. The van der Waals surface area contributed by atoms with Gasteiger partial charge in [0.15, 0.2) is 0 Å². The highest BCUT2D eigenvalue weighted by Gasteiger charge is 2.30. The Hall–Kier alpha value is -1.55. The Labute approximate surface area is 146 Å². The van der Waals surface area contributed by atoms with E-state index >= 15 is 0 Å². The van der Waals surface area contributed by atoms with E-state index in [1.165, 1.54) is 0 Å². The Balaban J connectivity index is 1.93. The van der Waals surface area contributed by atoms with Gasteiger partial charge in [-0.15, -0.1) is 0 Å². The van der Waals surface area contributed by atoms with Crippen LogP contribution in [0.15, 0.2) is 48.5 Å². The number of amides is 1. The highest BCUT2D eigenvalue weighted by atomic mass is 35.5. The SMILES string of the molecule is CN1CCN(C(=O)c2cc(Cl)cc(Cl)c2)C(c2ccccc2)C1. The van der Waals surface area contributed by atoms with Gasteiger partial charge in [0.25, 0.3) is 5.91 Å². The summed E-state index contributed by atoms with van der Waals surface area (Å²) in [6, 6.07) is 15.1. The van der Waals surface area contributed by atoms with Crippen molar-refractivity contribution in [2.75, 3.05) is 26.7 Å². The summed E-state index contributed by atoms with van der Waals surface area (Å²) in [5, 5.41) is 0.956. The smallest absolute Gasteiger partial charge is 0.254 e. The van der Waals surface area contributed by atoms with Crippen LogP contribution in [0.5, 0.6) is 0 Å². The monoisotopic (exact) mass is 348 g/mol. The van der Waals surface area contributed by atoms with Gasteiger partial charge in [0, 0.05) is 35.2 Å². The zero-order valence-electron chi connectivity index (χ0n) is 12.9. The summed E-state index contributed by atoms with van der Waals surface area (Å²) >= 11 is 12.1. The third-order valence-corrected chi connectivity index (χ3v) is 4.57. The van der Waals surface area contributed by atoms with E-state index in [1.54, 1.807) is 18.2 Å². The first-order valence-corrected chi connectivity index (χ1v) is 8.31. The van der Waals surface area contributed by atoms with Crippen molar-refractivity contribution in [3.63, 3.8) is 0 Å². The van der Waals surface area contributed by atoms with Crippen molar-refractivity contribution in [1.29, 1.82) is 0 Å². The lowest BCUT2D eigenvalue weighted by Crippen LogP contribution is -2.49. The Bertz CT molecular complexity index is 685. The summed E-state index contributed by atoms with van der Waals surface area (Å²) in [6.45, 7) is 2.34. The minimum atomic E-state index is -0.0312. The molecule has 23 heavy (non-hydrogen) atoms. The van der Waals surface area contributed by atoms with E-state index in [9.17, 15) is 4.79 Å². The molecule has 1 fully saturated rings. The van der Waals surface area contributed by atoms with Gasteiger partial charge in [-0.05, 0) is 30.8 Å². The first-order valence-electron chi connectivity index (χ1n) is 7.55. The van der Waals surface area contributed by atoms with Crippen molar-refractivity contribution in [3.05, 3.63) is 69.7 Å². The molecule has 0 bridgehead atoms. The van der Waals surface area contributed by atoms with Crippen LogP contribution in [0.2, 0.25) is 10.0 Å². The Kier molecular flexibility index (Phi) is 4.90. The molecule has 3 rings (SSSR count). The molecule has 1 aliphatic heterocycles. The van der Waals surface area contributed by atoms with E-state index in [0.717, 1.165) is 18.7 Å². The molecule has 0 spiro atoms. The lowest BCUT2D eigenvalue weighted by Gasteiger charge is -2.40. The fraction of sp³-hybridized carbons (Fsp3) is 0.278. The molecular formula is C18H18Cl2N2O. The number of rotatable bonds is 2. The molecule has 2 aromatic carbocycles. The van der Waals surface area contributed by atoms with E-state index in [1.807, 2.05) is 23.1 Å². The fourth-order valence-electron chi connectivity index (χ4n) is 2.97. The zero-order valence-corrected chi connectivity index (χ0v) is 14.4. The fourth-order valence-corrected chi connectivity index (χ4v) is 3.49. The maximum Gasteiger partial charge on any atom is 0.254 e. The maximum absolute atomic E-state index is 13.0. The van der Waals surface area contributed by atoms with Crippen molar-refractivity contribution in [2.45, 2.75) is 6.04 Å². The second-order valence-corrected chi connectivity index (χ2v) is 6.72. The predicted octanol–water partition coefficient (Wildman–Crippen LogP) is 4.12. The third-order valence-electron chi connectivity index (χ3n) is 4.14. The number of hydrogen-bond donors (Lipinski definition) is 0. The van der Waals surface area contributed by atoms with E-state index < -0.39 is 0 Å². The van der Waals surface area contributed by atoms with Crippen LogP contribution in [0.3, 0.4) is 0 Å². The molecule has 0 saturated carbocycles. The minimum absolute atomic E-state index is 0.0280. The van der Waals surface area contributed by atoms with E-state index in [4.69, 9.17) is 23.2 Å². The summed E-state index contributed by atoms with van der Waals surface area (Å²) in [7, 11) is 2.08. The van der Waals surface area contributed by atoms with Crippen LogP contribution in [-0.4, -0.2) is 42.4 Å². The van der Waals surface area contributed by atoms with Crippen molar-refractivity contribution in [1.82, 2.24) is 9.80 Å². The number of hydrogen-bond acceptors (Lipinski definition) is 2. The number of carbonyl (C=O) groups excluding carboxylic acids is 1. The van der Waals surface area contributed by atoms with Gasteiger partial charge in [0.1, 0.15) is 0 Å². The Morgan fingerprint density at radius 3 is 2.35 bits per heavy atom. The van der Waals surface area contributed by atoms with E-state index in [-0.39, 0.29) is 11.9 Å². The summed E-state index contributed by atoms with van der Waals surface area (Å²) in [5.74, 6) is -0.0312. The molecule has 1 aliphatic rings. The molecule has 1 unspecified atom stereocenters. The van der Waals surface area contributed by atoms with E-state index in [0.29, 0.717) is 22.2 Å². The van der Waals surface area contributed by atoms with Crippen LogP contribution in [0.1, 0.15) is 22.0 Å². The summed E-state index contributed by atoms with van der Waals surface area (Å²) < 4.78 is 0. The van der Waals surface area contributed by atoms with Crippen LogP contribution >= 0.6 is 23.2 Å². The average Bonchev–Trinajstić information content (AvgIpc) is 2.54. The molecule has 1 amide bonds. The lowest BCUT2D eigenvalue weighted by atomic mass is 10.0. The maximum atomic E-state index is 13.0. The van der Waals surface area contributed by atoms with Gasteiger partial charge >= 0.3 is 0 Å². The molecule has 3 nitrogen and oxygen atoms in total. The van der Waals surface area contributed by atoms with Crippen LogP contribution in [0.25, 0.3) is 0 Å².